The smallest absolute Gasteiger partial charge is 0.257 e. The average Bonchev–Trinajstić information content (AvgIpc) is 3.17. The van der Waals surface area contributed by atoms with E-state index >= 15 is 0 Å². The van der Waals surface area contributed by atoms with Gasteiger partial charge in [0, 0.05) is 32.4 Å². The largest absolute Gasteiger partial charge is 0.339 e. The molecule has 0 saturated carbocycles. The molecule has 2 aromatic heterocycles. The number of hydrogen-bond acceptors (Lipinski definition) is 4. The number of sulfonamides is 1. The van der Waals surface area contributed by atoms with E-state index in [1.807, 2.05) is 17.2 Å². The summed E-state index contributed by atoms with van der Waals surface area (Å²) in [5, 5.41) is 4.37. The van der Waals surface area contributed by atoms with Crippen LogP contribution in [0.2, 0.25) is 0 Å². The molecule has 29 heavy (non-hydrogen) atoms. The van der Waals surface area contributed by atoms with E-state index in [-0.39, 0.29) is 11.7 Å². The van der Waals surface area contributed by atoms with E-state index in [1.54, 1.807) is 21.9 Å². The summed E-state index contributed by atoms with van der Waals surface area (Å²) in [5.74, 6) is 1.20. The lowest BCUT2D eigenvalue weighted by Gasteiger charge is -2.31. The van der Waals surface area contributed by atoms with Crippen LogP contribution >= 0.6 is 0 Å². The van der Waals surface area contributed by atoms with Crippen molar-refractivity contribution in [2.24, 2.45) is 5.92 Å². The van der Waals surface area contributed by atoms with Gasteiger partial charge < -0.3 is 4.90 Å². The molecule has 0 spiro atoms. The van der Waals surface area contributed by atoms with Gasteiger partial charge in [0.15, 0.2) is 0 Å². The predicted molar refractivity (Wildman–Crippen MR) is 113 cm³/mol. The van der Waals surface area contributed by atoms with Gasteiger partial charge >= 0.3 is 0 Å². The molecule has 4 rings (SSSR count). The monoisotopic (exact) mass is 418 g/mol. The maximum absolute atomic E-state index is 13.1. The van der Waals surface area contributed by atoms with Crippen LogP contribution in [0.3, 0.4) is 0 Å². The topological polar surface area (TPSA) is 75.0 Å². The zero-order valence-corrected chi connectivity index (χ0v) is 18.1. The lowest BCUT2D eigenvalue weighted by atomic mass is 9.90. The minimum atomic E-state index is -3.12. The van der Waals surface area contributed by atoms with Gasteiger partial charge in [-0.15, -0.1) is 0 Å². The Morgan fingerprint density at radius 3 is 2.48 bits per heavy atom. The Kier molecular flexibility index (Phi) is 5.66. The number of carbonyl (C=O) groups is 1. The third-order valence-electron chi connectivity index (χ3n) is 6.53. The Morgan fingerprint density at radius 1 is 1.14 bits per heavy atom. The van der Waals surface area contributed by atoms with Crippen molar-refractivity contribution in [2.45, 2.75) is 45.4 Å². The Balaban J connectivity index is 1.53. The molecule has 2 aliphatic heterocycles. The Bertz CT molecular complexity index is 985. The quantitative estimate of drug-likeness (QED) is 0.765. The van der Waals surface area contributed by atoms with Gasteiger partial charge in [0.05, 0.1) is 23.0 Å². The number of pyridine rings is 1. The van der Waals surface area contributed by atoms with Crippen LogP contribution in [-0.2, 0) is 10.0 Å². The summed E-state index contributed by atoms with van der Waals surface area (Å²) in [6.45, 7) is 6.66. The fraction of sp³-hybridized carbons (Fsp3) is 0.619. The molecule has 2 aliphatic rings. The van der Waals surface area contributed by atoms with Crippen molar-refractivity contribution >= 4 is 21.4 Å². The highest BCUT2D eigenvalue weighted by Gasteiger charge is 2.28. The van der Waals surface area contributed by atoms with Crippen LogP contribution in [0.25, 0.3) is 5.52 Å². The van der Waals surface area contributed by atoms with E-state index in [9.17, 15) is 13.2 Å². The molecule has 158 valence electrons. The number of hydrogen-bond donors (Lipinski definition) is 0. The van der Waals surface area contributed by atoms with E-state index in [0.717, 1.165) is 49.9 Å². The third kappa shape index (κ3) is 4.05. The van der Waals surface area contributed by atoms with Crippen LogP contribution in [0, 0.1) is 5.92 Å². The summed E-state index contributed by atoms with van der Waals surface area (Å²) in [6.07, 6.45) is 7.29. The van der Waals surface area contributed by atoms with Crippen LogP contribution in [-0.4, -0.2) is 65.1 Å². The molecular weight excluding hydrogens is 388 g/mol. The standard InChI is InChI=1S/C21H30N4O3S/c1-3-29(27,28)24-11-6-17(7-12-24)18-8-13-25-20(14-18)19(15-22-25)21(26)23-9-4-16(2)5-10-23/h8,13-17H,3-7,9-12H2,1-2H3. The van der Waals surface area contributed by atoms with Gasteiger partial charge in [0.2, 0.25) is 10.0 Å². The van der Waals surface area contributed by atoms with Crippen molar-refractivity contribution in [3.8, 4) is 0 Å². The SMILES string of the molecule is CCS(=O)(=O)N1CCC(c2ccn3ncc(C(=O)N4CCC(C)CC4)c3c2)CC1. The molecule has 0 radical (unpaired) electrons. The summed E-state index contributed by atoms with van der Waals surface area (Å²) >= 11 is 0. The molecule has 0 N–H and O–H groups in total. The summed E-state index contributed by atoms with van der Waals surface area (Å²) in [4.78, 5) is 15.0. The second-order valence-electron chi connectivity index (χ2n) is 8.40. The second kappa shape index (κ2) is 8.07. The van der Waals surface area contributed by atoms with E-state index in [4.69, 9.17) is 0 Å². The van der Waals surface area contributed by atoms with Crippen molar-refractivity contribution in [3.63, 3.8) is 0 Å². The summed E-state index contributed by atoms with van der Waals surface area (Å²) < 4.78 is 27.6. The van der Waals surface area contributed by atoms with Crippen LogP contribution in [0.1, 0.15) is 61.4 Å². The third-order valence-corrected chi connectivity index (χ3v) is 8.41. The Hall–Kier alpha value is -1.93. The molecule has 7 nitrogen and oxygen atoms in total. The second-order valence-corrected chi connectivity index (χ2v) is 10.7. The number of nitrogens with zero attached hydrogens (tertiary/aromatic N) is 4. The first kappa shape index (κ1) is 20.3. The van der Waals surface area contributed by atoms with E-state index in [1.165, 1.54) is 0 Å². The van der Waals surface area contributed by atoms with Gasteiger partial charge in [-0.25, -0.2) is 17.2 Å². The number of likely N-dealkylation sites (tertiary alicyclic amines) is 1. The first-order chi connectivity index (χ1) is 13.9. The molecular formula is C21H30N4O3S. The van der Waals surface area contributed by atoms with Crippen molar-refractivity contribution in [2.75, 3.05) is 31.9 Å². The number of fused-ring (bicyclic) bond motifs is 1. The van der Waals surface area contributed by atoms with Crippen molar-refractivity contribution in [1.29, 1.82) is 0 Å². The highest BCUT2D eigenvalue weighted by molar-refractivity contribution is 7.89. The molecule has 2 aromatic rings. The van der Waals surface area contributed by atoms with E-state index < -0.39 is 10.0 Å². The number of amides is 1. The Morgan fingerprint density at radius 2 is 1.83 bits per heavy atom. The molecule has 8 heteroatoms. The van der Waals surface area contributed by atoms with Crippen molar-refractivity contribution < 1.29 is 13.2 Å². The van der Waals surface area contributed by atoms with Gasteiger partial charge in [0.25, 0.3) is 5.91 Å². The molecule has 1 amide bonds. The number of rotatable bonds is 4. The van der Waals surface area contributed by atoms with Crippen molar-refractivity contribution in [1.82, 2.24) is 18.8 Å². The first-order valence-corrected chi connectivity index (χ1v) is 12.2. The van der Waals surface area contributed by atoms with Gasteiger partial charge in [-0.1, -0.05) is 6.92 Å². The summed E-state index contributed by atoms with van der Waals surface area (Å²) in [5.41, 5.74) is 2.66. The van der Waals surface area contributed by atoms with Crippen LogP contribution in [0.5, 0.6) is 0 Å². The molecule has 2 fully saturated rings. The maximum Gasteiger partial charge on any atom is 0.257 e. The molecule has 0 unspecified atom stereocenters. The Labute approximate surface area is 172 Å². The zero-order valence-electron chi connectivity index (χ0n) is 17.2. The summed E-state index contributed by atoms with van der Waals surface area (Å²) in [7, 11) is -3.12. The fourth-order valence-corrected chi connectivity index (χ4v) is 5.58. The number of aromatic nitrogens is 2. The normalized spacial score (nSPS) is 20.4. The molecule has 0 aromatic carbocycles. The number of piperidine rings is 2. The fourth-order valence-electron chi connectivity index (χ4n) is 4.45. The van der Waals surface area contributed by atoms with E-state index in [0.29, 0.717) is 30.5 Å². The van der Waals surface area contributed by atoms with Crippen LogP contribution in [0.15, 0.2) is 24.5 Å². The van der Waals surface area contributed by atoms with Crippen LogP contribution in [0.4, 0.5) is 0 Å². The number of carbonyl (C=O) groups excluding carboxylic acids is 1. The van der Waals surface area contributed by atoms with Gasteiger partial charge in [-0.3, -0.25) is 4.79 Å². The molecule has 4 heterocycles. The minimum Gasteiger partial charge on any atom is -0.339 e. The van der Waals surface area contributed by atoms with Crippen LogP contribution < -0.4 is 0 Å². The predicted octanol–water partition coefficient (Wildman–Crippen LogP) is 2.74. The lowest BCUT2D eigenvalue weighted by molar-refractivity contribution is 0.0699. The highest BCUT2D eigenvalue weighted by Crippen LogP contribution is 2.30. The molecule has 0 bridgehead atoms. The first-order valence-electron chi connectivity index (χ1n) is 10.6. The van der Waals surface area contributed by atoms with E-state index in [2.05, 4.69) is 18.1 Å². The minimum absolute atomic E-state index is 0.0629. The lowest BCUT2D eigenvalue weighted by Crippen LogP contribution is -2.38. The van der Waals surface area contributed by atoms with Crippen molar-refractivity contribution in [3.05, 3.63) is 35.7 Å². The zero-order chi connectivity index (χ0) is 20.6. The molecule has 2 saturated heterocycles. The molecule has 0 atom stereocenters. The maximum atomic E-state index is 13.1. The summed E-state index contributed by atoms with van der Waals surface area (Å²) in [6, 6.07) is 4.12. The van der Waals surface area contributed by atoms with Gasteiger partial charge in [-0.2, -0.15) is 5.10 Å². The van der Waals surface area contributed by atoms with Gasteiger partial charge in [0.1, 0.15) is 0 Å². The van der Waals surface area contributed by atoms with Gasteiger partial charge in [-0.05, 0) is 62.1 Å². The average molecular weight is 419 g/mol. The molecule has 0 aliphatic carbocycles. The highest BCUT2D eigenvalue weighted by atomic mass is 32.2.